The fourth-order valence-electron chi connectivity index (χ4n) is 4.92. The molecule has 40 heavy (non-hydrogen) atoms. The van der Waals surface area contributed by atoms with Gasteiger partial charge in [-0.25, -0.2) is 9.98 Å². The molecule has 0 bridgehead atoms. The molecule has 0 radical (unpaired) electrons. The molecule has 1 amide bonds. The predicted molar refractivity (Wildman–Crippen MR) is 158 cm³/mol. The highest BCUT2D eigenvalue weighted by molar-refractivity contribution is 7.80. The number of benzene rings is 2. The third-order valence-corrected chi connectivity index (χ3v) is 7.50. The number of anilines is 1. The van der Waals surface area contributed by atoms with E-state index < -0.39 is 6.17 Å². The molecule has 1 N–H and O–H groups in total. The SMILES string of the molecule is COc1ncc(C2=NC(NC(=S)N3CCN(Cc4ccccc4)CC3)C(=O)N(C)c3ccc(C)cc32)c(OC)n1. The number of thiocarbonyl (C=S) groups is 1. The Hall–Kier alpha value is -4.09. The van der Waals surface area contributed by atoms with Crippen molar-refractivity contribution in [2.45, 2.75) is 19.6 Å². The average Bonchev–Trinajstić information content (AvgIpc) is 3.08. The molecule has 1 saturated heterocycles. The van der Waals surface area contributed by atoms with Gasteiger partial charge in [0.15, 0.2) is 5.11 Å². The second-order valence-electron chi connectivity index (χ2n) is 9.78. The number of nitrogens with one attached hydrogen (secondary N) is 1. The van der Waals surface area contributed by atoms with Crippen molar-refractivity contribution in [2.75, 3.05) is 52.3 Å². The maximum Gasteiger partial charge on any atom is 0.319 e. The number of amides is 1. The van der Waals surface area contributed by atoms with Gasteiger partial charge in [-0.3, -0.25) is 9.69 Å². The Kier molecular flexibility index (Phi) is 8.22. The van der Waals surface area contributed by atoms with Crippen LogP contribution in [0.2, 0.25) is 0 Å². The number of nitrogens with zero attached hydrogens (tertiary/aromatic N) is 6. The van der Waals surface area contributed by atoms with E-state index in [1.807, 2.05) is 31.2 Å². The minimum Gasteiger partial charge on any atom is -0.480 e. The van der Waals surface area contributed by atoms with E-state index in [4.69, 9.17) is 26.7 Å². The number of carbonyl (C=O) groups is 1. The summed E-state index contributed by atoms with van der Waals surface area (Å²) < 4.78 is 10.8. The van der Waals surface area contributed by atoms with Crippen LogP contribution in [0.4, 0.5) is 5.69 Å². The molecule has 1 unspecified atom stereocenters. The molecular weight excluding hydrogens is 526 g/mol. The number of aromatic nitrogens is 2. The number of aliphatic imine (C=N–C) groups is 1. The summed E-state index contributed by atoms with van der Waals surface area (Å²) >= 11 is 5.79. The monoisotopic (exact) mass is 559 g/mol. The van der Waals surface area contributed by atoms with Gasteiger partial charge >= 0.3 is 6.01 Å². The van der Waals surface area contributed by atoms with Gasteiger partial charge in [0, 0.05) is 51.5 Å². The predicted octanol–water partition coefficient (Wildman–Crippen LogP) is 2.63. The average molecular weight is 560 g/mol. The topological polar surface area (TPSA) is 95.4 Å². The first-order chi connectivity index (χ1) is 19.4. The summed E-state index contributed by atoms with van der Waals surface area (Å²) in [6, 6.07) is 16.5. The molecule has 5 rings (SSSR count). The summed E-state index contributed by atoms with van der Waals surface area (Å²) in [7, 11) is 4.77. The number of rotatable bonds is 6. The second-order valence-corrected chi connectivity index (χ2v) is 10.2. The van der Waals surface area contributed by atoms with Crippen molar-refractivity contribution in [3.8, 4) is 11.9 Å². The molecule has 1 aromatic heterocycles. The largest absolute Gasteiger partial charge is 0.480 e. The van der Waals surface area contributed by atoms with Crippen LogP contribution in [0.25, 0.3) is 0 Å². The third kappa shape index (κ3) is 5.75. The molecule has 1 fully saturated rings. The molecule has 0 aliphatic carbocycles. The molecule has 0 saturated carbocycles. The van der Waals surface area contributed by atoms with E-state index in [9.17, 15) is 4.79 Å². The van der Waals surface area contributed by atoms with Crippen LogP contribution in [0.5, 0.6) is 11.9 Å². The van der Waals surface area contributed by atoms with Crippen LogP contribution in [-0.4, -0.2) is 90.1 Å². The maximum absolute atomic E-state index is 13.7. The Morgan fingerprint density at radius 3 is 2.50 bits per heavy atom. The Balaban J connectivity index is 1.40. The van der Waals surface area contributed by atoms with Gasteiger partial charge in [-0.1, -0.05) is 42.0 Å². The van der Waals surface area contributed by atoms with Crippen LogP contribution >= 0.6 is 12.2 Å². The number of benzodiazepines with no additional fused rings is 1. The number of methoxy groups -OCH3 is 2. The summed E-state index contributed by atoms with van der Waals surface area (Å²) in [4.78, 5) is 33.4. The number of carbonyl (C=O) groups excluding carboxylic acids is 1. The van der Waals surface area contributed by atoms with Crippen LogP contribution in [0.3, 0.4) is 0 Å². The van der Waals surface area contributed by atoms with E-state index in [-0.39, 0.29) is 11.9 Å². The van der Waals surface area contributed by atoms with Gasteiger partial charge < -0.3 is 24.6 Å². The van der Waals surface area contributed by atoms with Crippen molar-refractivity contribution in [2.24, 2.45) is 4.99 Å². The van der Waals surface area contributed by atoms with Crippen LogP contribution in [0, 0.1) is 6.92 Å². The molecule has 3 heterocycles. The fourth-order valence-corrected chi connectivity index (χ4v) is 5.22. The van der Waals surface area contributed by atoms with E-state index in [0.717, 1.165) is 49.5 Å². The Bertz CT molecular complexity index is 1420. The van der Waals surface area contributed by atoms with Crippen molar-refractivity contribution in [1.29, 1.82) is 0 Å². The molecule has 0 spiro atoms. The Morgan fingerprint density at radius 2 is 1.80 bits per heavy atom. The first-order valence-corrected chi connectivity index (χ1v) is 13.5. The summed E-state index contributed by atoms with van der Waals surface area (Å²) in [5.41, 5.74) is 4.88. The number of ether oxygens (including phenoxy) is 2. The van der Waals surface area contributed by atoms with Crippen LogP contribution in [0.1, 0.15) is 22.3 Å². The lowest BCUT2D eigenvalue weighted by Gasteiger charge is -2.36. The maximum atomic E-state index is 13.7. The highest BCUT2D eigenvalue weighted by Crippen LogP contribution is 2.31. The Labute approximate surface area is 239 Å². The molecule has 11 heteroatoms. The van der Waals surface area contributed by atoms with Gasteiger partial charge in [0.1, 0.15) is 0 Å². The lowest BCUT2D eigenvalue weighted by molar-refractivity contribution is -0.119. The van der Waals surface area contributed by atoms with Crippen molar-refractivity contribution in [1.82, 2.24) is 25.1 Å². The Morgan fingerprint density at radius 1 is 1.05 bits per heavy atom. The zero-order valence-corrected chi connectivity index (χ0v) is 23.9. The highest BCUT2D eigenvalue weighted by Gasteiger charge is 2.33. The molecule has 2 aromatic carbocycles. The molecular formula is C29H33N7O3S. The van der Waals surface area contributed by atoms with Gasteiger partial charge in [-0.05, 0) is 36.8 Å². The number of likely N-dealkylation sites (N-methyl/N-ethyl adjacent to an activating group) is 1. The number of piperazine rings is 1. The molecule has 2 aliphatic rings. The number of hydrogen-bond acceptors (Lipinski definition) is 8. The van der Waals surface area contributed by atoms with Gasteiger partial charge in [-0.15, -0.1) is 0 Å². The normalized spacial score (nSPS) is 17.6. The van der Waals surface area contributed by atoms with Crippen LogP contribution < -0.4 is 19.7 Å². The molecule has 3 aromatic rings. The van der Waals surface area contributed by atoms with E-state index in [1.165, 1.54) is 19.8 Å². The zero-order valence-electron chi connectivity index (χ0n) is 23.1. The molecule has 1 atom stereocenters. The molecule has 2 aliphatic heterocycles. The number of aryl methyl sites for hydroxylation is 1. The summed E-state index contributed by atoms with van der Waals surface area (Å²) in [6.45, 7) is 6.15. The fraction of sp³-hybridized carbons (Fsp3) is 0.345. The van der Waals surface area contributed by atoms with Crippen LogP contribution in [-0.2, 0) is 11.3 Å². The zero-order chi connectivity index (χ0) is 28.2. The summed E-state index contributed by atoms with van der Waals surface area (Å²) in [6.07, 6.45) is 0.654. The minimum absolute atomic E-state index is 0.176. The lowest BCUT2D eigenvalue weighted by Crippen LogP contribution is -2.55. The summed E-state index contributed by atoms with van der Waals surface area (Å²) in [5, 5.41) is 3.73. The van der Waals surface area contributed by atoms with Gasteiger partial charge in [-0.2, -0.15) is 4.98 Å². The number of fused-ring (bicyclic) bond motifs is 1. The summed E-state index contributed by atoms with van der Waals surface area (Å²) in [5.74, 6) is 0.0736. The third-order valence-electron chi connectivity index (χ3n) is 7.12. The van der Waals surface area contributed by atoms with Crippen molar-refractivity contribution in [3.63, 3.8) is 0 Å². The molecule has 208 valence electrons. The van der Waals surface area contributed by atoms with Crippen molar-refractivity contribution >= 4 is 34.6 Å². The van der Waals surface area contributed by atoms with Gasteiger partial charge in [0.25, 0.3) is 5.91 Å². The first kappa shape index (κ1) is 27.5. The number of hydrogen-bond donors (Lipinski definition) is 1. The minimum atomic E-state index is -0.950. The molecule has 10 nitrogen and oxygen atoms in total. The van der Waals surface area contributed by atoms with E-state index >= 15 is 0 Å². The van der Waals surface area contributed by atoms with Gasteiger partial charge in [0.2, 0.25) is 12.0 Å². The lowest BCUT2D eigenvalue weighted by atomic mass is 10.00. The standard InChI is InChI=1S/C29H33N7O3S/c1-19-10-11-23-21(16-19)24(22-17-30-28(39-4)33-26(22)38-3)31-25(27(37)34(23)2)32-29(40)36-14-12-35(13-15-36)18-20-8-6-5-7-9-20/h5-11,16-17,25H,12-15,18H2,1-4H3,(H,32,40). The second kappa shape index (κ2) is 12.0. The van der Waals surface area contributed by atoms with Gasteiger partial charge in [0.05, 0.1) is 31.2 Å². The van der Waals surface area contributed by atoms with Crippen molar-refractivity contribution < 1.29 is 14.3 Å². The highest BCUT2D eigenvalue weighted by atomic mass is 32.1. The van der Waals surface area contributed by atoms with Crippen LogP contribution in [0.15, 0.2) is 59.7 Å². The quantitative estimate of drug-likeness (QED) is 0.458. The van der Waals surface area contributed by atoms with E-state index in [0.29, 0.717) is 22.3 Å². The first-order valence-electron chi connectivity index (χ1n) is 13.1. The van der Waals surface area contributed by atoms with Crippen molar-refractivity contribution in [3.05, 3.63) is 77.0 Å². The van der Waals surface area contributed by atoms with E-state index in [1.54, 1.807) is 18.1 Å². The van der Waals surface area contributed by atoms with E-state index in [2.05, 4.69) is 49.4 Å². The smallest absolute Gasteiger partial charge is 0.319 e.